The molecule has 1 aromatic rings. The minimum atomic E-state index is -0.543. The van der Waals surface area contributed by atoms with Crippen LogP contribution in [-0.2, 0) is 9.47 Å². The number of benzene rings is 1. The van der Waals surface area contributed by atoms with Crippen LogP contribution in [0.15, 0.2) is 18.2 Å². The van der Waals surface area contributed by atoms with E-state index in [2.05, 4.69) is 5.32 Å². The van der Waals surface area contributed by atoms with E-state index in [0.29, 0.717) is 25.4 Å². The number of halogens is 1. The summed E-state index contributed by atoms with van der Waals surface area (Å²) in [6.07, 6.45) is 2.17. The van der Waals surface area contributed by atoms with Crippen LogP contribution < -0.4 is 10.1 Å². The number of likely N-dealkylation sites (N-methyl/N-ethyl adjacent to an activating group) is 1. The van der Waals surface area contributed by atoms with Gasteiger partial charge in [0.15, 0.2) is 17.4 Å². The van der Waals surface area contributed by atoms with Crippen LogP contribution in [0.3, 0.4) is 0 Å². The second kappa shape index (κ2) is 5.91. The Morgan fingerprint density at radius 2 is 2.10 bits per heavy atom. The number of rotatable bonds is 3. The summed E-state index contributed by atoms with van der Waals surface area (Å²) in [6, 6.07) is 5.09. The molecule has 1 spiro atoms. The molecule has 1 N–H and O–H groups in total. The fraction of sp³-hybridized carbons (Fsp3) is 0.625. The Kier molecular flexibility index (Phi) is 4.15. The van der Waals surface area contributed by atoms with E-state index in [-0.39, 0.29) is 18.0 Å². The number of ether oxygens (including phenoxy) is 3. The highest BCUT2D eigenvalue weighted by molar-refractivity contribution is 5.29. The molecule has 1 aliphatic carbocycles. The van der Waals surface area contributed by atoms with Crippen LogP contribution in [0.1, 0.15) is 24.8 Å². The van der Waals surface area contributed by atoms with Crippen molar-refractivity contribution in [2.75, 3.05) is 20.3 Å². The van der Waals surface area contributed by atoms with Crippen LogP contribution in [0.25, 0.3) is 0 Å². The summed E-state index contributed by atoms with van der Waals surface area (Å²) in [7, 11) is 1.90. The normalized spacial score (nSPS) is 28.0. The van der Waals surface area contributed by atoms with Crippen molar-refractivity contribution >= 4 is 0 Å². The van der Waals surface area contributed by atoms with Gasteiger partial charge in [0.1, 0.15) is 6.10 Å². The fourth-order valence-electron chi connectivity index (χ4n) is 3.19. The first-order valence-electron chi connectivity index (χ1n) is 7.50. The van der Waals surface area contributed by atoms with E-state index < -0.39 is 5.79 Å². The molecule has 2 aliphatic rings. The minimum absolute atomic E-state index is 0.168. The summed E-state index contributed by atoms with van der Waals surface area (Å²) in [5.74, 6) is -0.572. The third-order valence-electron chi connectivity index (χ3n) is 4.35. The SMILES string of the molecule is CNC1CCC2(CC1Oc1cc(C)ccc1F)OCCO2. The van der Waals surface area contributed by atoms with Crippen LogP contribution in [-0.4, -0.2) is 38.2 Å². The van der Waals surface area contributed by atoms with Gasteiger partial charge in [-0.2, -0.15) is 0 Å². The van der Waals surface area contributed by atoms with Crippen LogP contribution in [0, 0.1) is 12.7 Å². The number of nitrogens with one attached hydrogen (secondary N) is 1. The standard InChI is InChI=1S/C16H22FNO3/c1-11-3-4-12(17)14(9-11)21-15-10-16(19-7-8-20-16)6-5-13(15)18-2/h3-4,9,13,15,18H,5-8,10H2,1-2H3. The zero-order chi connectivity index (χ0) is 14.9. The number of aryl methyl sites for hydroxylation is 1. The quantitative estimate of drug-likeness (QED) is 0.929. The third-order valence-corrected chi connectivity index (χ3v) is 4.35. The highest BCUT2D eigenvalue weighted by Gasteiger charge is 2.46. The second-order valence-electron chi connectivity index (χ2n) is 5.84. The molecule has 3 rings (SSSR count). The van der Waals surface area contributed by atoms with Crippen molar-refractivity contribution in [1.29, 1.82) is 0 Å². The lowest BCUT2D eigenvalue weighted by atomic mass is 9.87. The molecule has 116 valence electrons. The molecule has 0 bridgehead atoms. The molecule has 1 saturated carbocycles. The van der Waals surface area contributed by atoms with Crippen LogP contribution in [0.2, 0.25) is 0 Å². The molecule has 4 nitrogen and oxygen atoms in total. The highest BCUT2D eigenvalue weighted by atomic mass is 19.1. The molecule has 2 atom stereocenters. The molecule has 5 heteroatoms. The molecule has 1 aliphatic heterocycles. The molecule has 1 heterocycles. The van der Waals surface area contributed by atoms with Gasteiger partial charge in [-0.05, 0) is 38.1 Å². The van der Waals surface area contributed by atoms with Gasteiger partial charge in [0.2, 0.25) is 0 Å². The lowest BCUT2D eigenvalue weighted by molar-refractivity contribution is -0.197. The van der Waals surface area contributed by atoms with Crippen molar-refractivity contribution < 1.29 is 18.6 Å². The van der Waals surface area contributed by atoms with Gasteiger partial charge in [0, 0.05) is 18.9 Å². The maximum atomic E-state index is 13.9. The molecule has 0 radical (unpaired) electrons. The van der Waals surface area contributed by atoms with Crippen molar-refractivity contribution in [3.8, 4) is 5.75 Å². The van der Waals surface area contributed by atoms with Gasteiger partial charge in [-0.25, -0.2) is 4.39 Å². The average Bonchev–Trinajstić information content (AvgIpc) is 2.91. The lowest BCUT2D eigenvalue weighted by Crippen LogP contribution is -2.52. The third kappa shape index (κ3) is 3.05. The van der Waals surface area contributed by atoms with Crippen LogP contribution >= 0.6 is 0 Å². The summed E-state index contributed by atoms with van der Waals surface area (Å²) >= 11 is 0. The van der Waals surface area contributed by atoms with Gasteiger partial charge in [0.25, 0.3) is 0 Å². The van der Waals surface area contributed by atoms with Crippen molar-refractivity contribution in [2.45, 2.75) is 44.1 Å². The van der Waals surface area contributed by atoms with Gasteiger partial charge in [-0.1, -0.05) is 6.07 Å². The van der Waals surface area contributed by atoms with Crippen LogP contribution in [0.5, 0.6) is 5.75 Å². The summed E-state index contributed by atoms with van der Waals surface area (Å²) in [5.41, 5.74) is 0.978. The summed E-state index contributed by atoms with van der Waals surface area (Å²) in [4.78, 5) is 0. The van der Waals surface area contributed by atoms with E-state index in [1.54, 1.807) is 12.1 Å². The minimum Gasteiger partial charge on any atom is -0.486 e. The topological polar surface area (TPSA) is 39.7 Å². The fourth-order valence-corrected chi connectivity index (χ4v) is 3.19. The van der Waals surface area contributed by atoms with Gasteiger partial charge in [-0.15, -0.1) is 0 Å². The Morgan fingerprint density at radius 1 is 1.33 bits per heavy atom. The monoisotopic (exact) mass is 295 g/mol. The van der Waals surface area contributed by atoms with Gasteiger partial charge in [-0.3, -0.25) is 0 Å². The second-order valence-corrected chi connectivity index (χ2v) is 5.84. The van der Waals surface area contributed by atoms with E-state index in [1.165, 1.54) is 6.07 Å². The first kappa shape index (κ1) is 14.8. The van der Waals surface area contributed by atoms with E-state index in [9.17, 15) is 4.39 Å². The molecular formula is C16H22FNO3. The van der Waals surface area contributed by atoms with Gasteiger partial charge in [0.05, 0.1) is 13.2 Å². The summed E-state index contributed by atoms with van der Waals surface area (Å²) in [5, 5.41) is 3.26. The smallest absolute Gasteiger partial charge is 0.172 e. The van der Waals surface area contributed by atoms with Crippen molar-refractivity contribution in [3.05, 3.63) is 29.6 Å². The average molecular weight is 295 g/mol. The van der Waals surface area contributed by atoms with E-state index in [1.807, 2.05) is 14.0 Å². The Bertz CT molecular complexity index is 502. The maximum absolute atomic E-state index is 13.9. The zero-order valence-electron chi connectivity index (χ0n) is 12.5. The maximum Gasteiger partial charge on any atom is 0.172 e. The van der Waals surface area contributed by atoms with Gasteiger partial charge >= 0.3 is 0 Å². The molecule has 1 saturated heterocycles. The molecular weight excluding hydrogens is 273 g/mol. The molecule has 21 heavy (non-hydrogen) atoms. The Balaban J connectivity index is 1.78. The van der Waals surface area contributed by atoms with Gasteiger partial charge < -0.3 is 19.5 Å². The van der Waals surface area contributed by atoms with Crippen molar-refractivity contribution in [1.82, 2.24) is 5.32 Å². The molecule has 0 amide bonds. The molecule has 1 aromatic carbocycles. The molecule has 2 fully saturated rings. The lowest BCUT2D eigenvalue weighted by Gasteiger charge is -2.40. The van der Waals surface area contributed by atoms with E-state index >= 15 is 0 Å². The summed E-state index contributed by atoms with van der Waals surface area (Å²) in [6.45, 7) is 3.17. The van der Waals surface area contributed by atoms with Crippen LogP contribution in [0.4, 0.5) is 4.39 Å². The predicted octanol–water partition coefficient (Wildman–Crippen LogP) is 2.40. The first-order valence-corrected chi connectivity index (χ1v) is 7.50. The largest absolute Gasteiger partial charge is 0.486 e. The Morgan fingerprint density at radius 3 is 2.81 bits per heavy atom. The van der Waals surface area contributed by atoms with Crippen molar-refractivity contribution in [3.63, 3.8) is 0 Å². The van der Waals surface area contributed by atoms with E-state index in [0.717, 1.165) is 18.4 Å². The zero-order valence-corrected chi connectivity index (χ0v) is 12.5. The Hall–Kier alpha value is -1.17. The summed E-state index contributed by atoms with van der Waals surface area (Å²) < 4.78 is 31.4. The highest BCUT2D eigenvalue weighted by Crippen LogP contribution is 2.37. The predicted molar refractivity (Wildman–Crippen MR) is 76.9 cm³/mol. The molecule has 2 unspecified atom stereocenters. The van der Waals surface area contributed by atoms with E-state index in [4.69, 9.17) is 14.2 Å². The Labute approximate surface area is 124 Å². The van der Waals surface area contributed by atoms with Crippen molar-refractivity contribution in [2.24, 2.45) is 0 Å². The molecule has 0 aromatic heterocycles. The first-order chi connectivity index (χ1) is 10.1. The number of hydrogen-bond donors (Lipinski definition) is 1. The number of hydrogen-bond acceptors (Lipinski definition) is 4.